The Balaban J connectivity index is 1.49. The Morgan fingerprint density at radius 2 is 1.83 bits per heavy atom. The molecular weight excluding hydrogens is 395 g/mol. The third-order valence-electron chi connectivity index (χ3n) is 5.33. The fourth-order valence-corrected chi connectivity index (χ4v) is 5.05. The zero-order chi connectivity index (χ0) is 20.7. The maximum Gasteiger partial charge on any atom is 0.139 e. The average molecular weight is 417 g/mol. The summed E-state index contributed by atoms with van der Waals surface area (Å²) < 4.78 is 13.5. The summed E-state index contributed by atoms with van der Waals surface area (Å²) in [5, 5.41) is 5.79. The highest BCUT2D eigenvalue weighted by molar-refractivity contribution is 7.19. The van der Waals surface area contributed by atoms with Crippen LogP contribution in [0.3, 0.4) is 0 Å². The van der Waals surface area contributed by atoms with Crippen LogP contribution in [0.25, 0.3) is 32.2 Å². The van der Waals surface area contributed by atoms with Gasteiger partial charge in [0.2, 0.25) is 0 Å². The van der Waals surface area contributed by atoms with Gasteiger partial charge in [0.15, 0.2) is 0 Å². The van der Waals surface area contributed by atoms with E-state index in [-0.39, 0.29) is 5.82 Å². The summed E-state index contributed by atoms with van der Waals surface area (Å²) in [6.07, 6.45) is 2.95. The van der Waals surface area contributed by atoms with Gasteiger partial charge in [-0.3, -0.25) is 0 Å². The first kappa shape index (κ1) is 18.8. The summed E-state index contributed by atoms with van der Waals surface area (Å²) in [5.41, 5.74) is 4.48. The van der Waals surface area contributed by atoms with Gasteiger partial charge < -0.3 is 10.3 Å². The fraction of sp³-hybridized carbons (Fsp3) is 0.167. The van der Waals surface area contributed by atoms with Gasteiger partial charge in [0, 0.05) is 34.1 Å². The largest absolute Gasteiger partial charge is 0.369 e. The summed E-state index contributed by atoms with van der Waals surface area (Å²) in [6, 6.07) is 15.0. The van der Waals surface area contributed by atoms with Crippen molar-refractivity contribution in [3.05, 3.63) is 76.8 Å². The molecule has 150 valence electrons. The van der Waals surface area contributed by atoms with Crippen LogP contribution in [0.2, 0.25) is 0 Å². The third-order valence-corrected chi connectivity index (χ3v) is 6.33. The minimum atomic E-state index is -0.236. The number of benzene rings is 2. The highest BCUT2D eigenvalue weighted by Crippen LogP contribution is 2.40. The number of H-pyrrole nitrogens is 1. The molecular formula is C24H21FN4S. The molecule has 3 aromatic heterocycles. The van der Waals surface area contributed by atoms with E-state index in [2.05, 4.69) is 46.6 Å². The van der Waals surface area contributed by atoms with Crippen molar-refractivity contribution in [3.63, 3.8) is 0 Å². The first-order valence-electron chi connectivity index (χ1n) is 9.92. The number of thiophene rings is 1. The van der Waals surface area contributed by atoms with E-state index in [0.29, 0.717) is 0 Å². The van der Waals surface area contributed by atoms with Crippen LogP contribution < -0.4 is 5.32 Å². The van der Waals surface area contributed by atoms with Crippen LogP contribution in [-0.4, -0.2) is 21.5 Å². The van der Waals surface area contributed by atoms with E-state index in [9.17, 15) is 4.39 Å². The second kappa shape index (κ2) is 7.54. The highest BCUT2D eigenvalue weighted by atomic mass is 32.1. The number of hydrogen-bond donors (Lipinski definition) is 2. The monoisotopic (exact) mass is 416 g/mol. The van der Waals surface area contributed by atoms with Crippen LogP contribution in [-0.2, 0) is 6.42 Å². The maximum absolute atomic E-state index is 13.5. The predicted molar refractivity (Wildman–Crippen MR) is 123 cm³/mol. The molecule has 0 fully saturated rings. The molecule has 0 atom stereocenters. The molecule has 0 aliphatic carbocycles. The zero-order valence-electron chi connectivity index (χ0n) is 16.8. The molecule has 2 N–H and O–H groups in total. The van der Waals surface area contributed by atoms with Crippen LogP contribution in [0.1, 0.15) is 16.3 Å². The van der Waals surface area contributed by atoms with E-state index < -0.39 is 0 Å². The number of hydrogen-bond acceptors (Lipinski definition) is 4. The maximum atomic E-state index is 13.5. The van der Waals surface area contributed by atoms with Crippen molar-refractivity contribution in [1.82, 2.24) is 15.0 Å². The van der Waals surface area contributed by atoms with Gasteiger partial charge in [-0.05, 0) is 49.6 Å². The molecule has 5 rings (SSSR count). The molecule has 0 spiro atoms. The highest BCUT2D eigenvalue weighted by Gasteiger charge is 2.18. The molecule has 0 radical (unpaired) electrons. The Kier molecular flexibility index (Phi) is 4.71. The molecule has 0 aliphatic rings. The SMILES string of the molecule is Cc1nc(NCCc2c[nH]c3ccccc23)c2c(-c3ccc(F)cc3)c(C)sc2n1. The molecule has 2 aromatic carbocycles. The van der Waals surface area contributed by atoms with Gasteiger partial charge >= 0.3 is 0 Å². The Hall–Kier alpha value is -3.25. The van der Waals surface area contributed by atoms with Crippen molar-refractivity contribution >= 4 is 38.3 Å². The summed E-state index contributed by atoms with van der Waals surface area (Å²) in [5.74, 6) is 1.34. The Morgan fingerprint density at radius 3 is 2.67 bits per heavy atom. The quantitative estimate of drug-likeness (QED) is 0.356. The lowest BCUT2D eigenvalue weighted by atomic mass is 10.0. The first-order chi connectivity index (χ1) is 14.6. The number of para-hydroxylation sites is 1. The Labute approximate surface area is 177 Å². The van der Waals surface area contributed by atoms with Crippen LogP contribution in [0.4, 0.5) is 10.2 Å². The van der Waals surface area contributed by atoms with Crippen molar-refractivity contribution in [2.45, 2.75) is 20.3 Å². The standard InChI is InChI=1S/C24H21FN4S/c1-14-21(16-7-9-18(25)10-8-16)22-23(28-15(2)29-24(22)30-14)26-12-11-17-13-27-20-6-4-3-5-19(17)20/h3-10,13,27H,11-12H2,1-2H3,(H,26,28,29). The zero-order valence-corrected chi connectivity index (χ0v) is 17.6. The van der Waals surface area contributed by atoms with Crippen molar-refractivity contribution in [2.75, 3.05) is 11.9 Å². The number of anilines is 1. The lowest BCUT2D eigenvalue weighted by Gasteiger charge is -2.10. The molecule has 4 nitrogen and oxygen atoms in total. The van der Waals surface area contributed by atoms with Gasteiger partial charge in [0.25, 0.3) is 0 Å². The smallest absolute Gasteiger partial charge is 0.139 e. The van der Waals surface area contributed by atoms with Gasteiger partial charge in [0.1, 0.15) is 22.3 Å². The van der Waals surface area contributed by atoms with Gasteiger partial charge in [-0.25, -0.2) is 14.4 Å². The topological polar surface area (TPSA) is 53.6 Å². The molecule has 0 amide bonds. The van der Waals surface area contributed by atoms with E-state index >= 15 is 0 Å². The molecule has 30 heavy (non-hydrogen) atoms. The molecule has 0 unspecified atom stereocenters. The van der Waals surface area contributed by atoms with E-state index in [0.717, 1.165) is 56.3 Å². The number of aromatic amines is 1. The van der Waals surface area contributed by atoms with Crippen molar-refractivity contribution < 1.29 is 4.39 Å². The minimum absolute atomic E-state index is 0.236. The van der Waals surface area contributed by atoms with E-state index in [1.165, 1.54) is 23.1 Å². The van der Waals surface area contributed by atoms with E-state index in [1.807, 2.05) is 25.1 Å². The summed E-state index contributed by atoms with van der Waals surface area (Å²) in [7, 11) is 0. The number of fused-ring (bicyclic) bond motifs is 2. The average Bonchev–Trinajstić information content (AvgIpc) is 3.29. The number of rotatable bonds is 5. The molecule has 6 heteroatoms. The summed E-state index contributed by atoms with van der Waals surface area (Å²) >= 11 is 1.65. The Bertz CT molecular complexity index is 1350. The van der Waals surface area contributed by atoms with Gasteiger partial charge in [-0.15, -0.1) is 11.3 Å². The van der Waals surface area contributed by atoms with Crippen LogP contribution >= 0.6 is 11.3 Å². The molecule has 0 aliphatic heterocycles. The molecule has 0 saturated carbocycles. The van der Waals surface area contributed by atoms with Gasteiger partial charge in [-0.1, -0.05) is 30.3 Å². The summed E-state index contributed by atoms with van der Waals surface area (Å²) in [4.78, 5) is 14.8. The van der Waals surface area contributed by atoms with Crippen molar-refractivity contribution in [2.24, 2.45) is 0 Å². The number of halogens is 1. The van der Waals surface area contributed by atoms with Crippen molar-refractivity contribution in [3.8, 4) is 11.1 Å². The molecule has 0 bridgehead atoms. The van der Waals surface area contributed by atoms with Crippen LogP contribution in [0.15, 0.2) is 54.7 Å². The second-order valence-electron chi connectivity index (χ2n) is 7.38. The first-order valence-corrected chi connectivity index (χ1v) is 10.7. The molecule has 0 saturated heterocycles. The van der Waals surface area contributed by atoms with Crippen LogP contribution in [0, 0.1) is 19.7 Å². The summed E-state index contributed by atoms with van der Waals surface area (Å²) in [6.45, 7) is 4.75. The third kappa shape index (κ3) is 3.33. The van der Waals surface area contributed by atoms with Gasteiger partial charge in [0.05, 0.1) is 5.39 Å². The van der Waals surface area contributed by atoms with Crippen molar-refractivity contribution in [1.29, 1.82) is 0 Å². The van der Waals surface area contributed by atoms with E-state index in [1.54, 1.807) is 11.3 Å². The number of aromatic nitrogens is 3. The number of nitrogens with zero attached hydrogens (tertiary/aromatic N) is 2. The second-order valence-corrected chi connectivity index (χ2v) is 8.58. The lowest BCUT2D eigenvalue weighted by Crippen LogP contribution is -2.08. The number of nitrogens with one attached hydrogen (secondary N) is 2. The lowest BCUT2D eigenvalue weighted by molar-refractivity contribution is 0.628. The van der Waals surface area contributed by atoms with Crippen LogP contribution in [0.5, 0.6) is 0 Å². The molecule has 5 aromatic rings. The number of aryl methyl sites for hydroxylation is 2. The Morgan fingerprint density at radius 1 is 1.03 bits per heavy atom. The normalized spacial score (nSPS) is 11.4. The molecule has 3 heterocycles. The minimum Gasteiger partial charge on any atom is -0.369 e. The predicted octanol–water partition coefficient (Wildman–Crippen LogP) is 6.25. The van der Waals surface area contributed by atoms with E-state index in [4.69, 9.17) is 4.98 Å². The fourth-order valence-electron chi connectivity index (χ4n) is 3.96. The van der Waals surface area contributed by atoms with Gasteiger partial charge in [-0.2, -0.15) is 0 Å².